The van der Waals surface area contributed by atoms with Crippen molar-refractivity contribution in [3.05, 3.63) is 29.8 Å². The molecule has 5 rings (SSSR count). The van der Waals surface area contributed by atoms with Crippen molar-refractivity contribution in [3.8, 4) is 0 Å². The van der Waals surface area contributed by atoms with Crippen LogP contribution in [0.2, 0.25) is 0 Å². The van der Waals surface area contributed by atoms with Gasteiger partial charge in [-0.15, -0.1) is 0 Å². The highest BCUT2D eigenvalue weighted by Crippen LogP contribution is 2.64. The van der Waals surface area contributed by atoms with Crippen LogP contribution in [-0.2, 0) is 15.7 Å². The first-order valence-electron chi connectivity index (χ1n) is 8.70. The molecule has 1 aromatic carbocycles. The number of rotatable bonds is 2. The van der Waals surface area contributed by atoms with Crippen molar-refractivity contribution in [2.75, 3.05) is 5.32 Å². The molecular formula is C18H18F3NO3. The number of nitrogens with one attached hydrogen (secondary N) is 1. The number of benzene rings is 1. The zero-order chi connectivity index (χ0) is 17.3. The summed E-state index contributed by atoms with van der Waals surface area (Å²) in [5, 5.41) is 2.43. The van der Waals surface area contributed by atoms with Crippen molar-refractivity contribution in [3.63, 3.8) is 0 Å². The largest absolute Gasteiger partial charge is 0.446 e. The fourth-order valence-corrected chi connectivity index (χ4v) is 5.46. The molecule has 25 heavy (non-hydrogen) atoms. The Hall–Kier alpha value is -1.76. The van der Waals surface area contributed by atoms with Crippen LogP contribution < -0.4 is 5.32 Å². The van der Waals surface area contributed by atoms with Crippen LogP contribution in [0, 0.1) is 23.7 Å². The summed E-state index contributed by atoms with van der Waals surface area (Å²) >= 11 is 0. The minimum Gasteiger partial charge on any atom is -0.446 e. The lowest BCUT2D eigenvalue weighted by atomic mass is 9.79. The molecule has 7 heteroatoms. The van der Waals surface area contributed by atoms with Gasteiger partial charge in [0.25, 0.3) is 0 Å². The van der Waals surface area contributed by atoms with Crippen LogP contribution in [-0.4, -0.2) is 24.4 Å². The van der Waals surface area contributed by atoms with Crippen LogP contribution >= 0.6 is 0 Å². The van der Waals surface area contributed by atoms with Crippen molar-refractivity contribution in [1.29, 1.82) is 0 Å². The highest BCUT2D eigenvalue weighted by atomic mass is 19.4. The number of ether oxygens (including phenoxy) is 2. The number of halogens is 3. The van der Waals surface area contributed by atoms with E-state index < -0.39 is 17.8 Å². The van der Waals surface area contributed by atoms with Gasteiger partial charge in [0.15, 0.2) is 0 Å². The van der Waals surface area contributed by atoms with E-state index in [1.54, 1.807) is 0 Å². The summed E-state index contributed by atoms with van der Waals surface area (Å²) < 4.78 is 49.4. The lowest BCUT2D eigenvalue weighted by Crippen LogP contribution is -2.35. The number of anilines is 1. The predicted octanol–water partition coefficient (Wildman–Crippen LogP) is 4.07. The fourth-order valence-electron chi connectivity index (χ4n) is 5.46. The highest BCUT2D eigenvalue weighted by molar-refractivity contribution is 5.84. The van der Waals surface area contributed by atoms with Gasteiger partial charge in [0.2, 0.25) is 0 Å². The maximum atomic E-state index is 12.7. The lowest BCUT2D eigenvalue weighted by Gasteiger charge is -2.32. The third-order valence-electron chi connectivity index (χ3n) is 6.38. The fraction of sp³-hybridized carbons (Fsp3) is 0.611. The Morgan fingerprint density at radius 2 is 2.04 bits per heavy atom. The molecule has 3 saturated carbocycles. The topological polar surface area (TPSA) is 50.9 Å². The molecule has 134 valence electrons. The Balaban J connectivity index is 1.22. The first kappa shape index (κ1) is 15.5. The molecule has 3 aliphatic carbocycles. The predicted molar refractivity (Wildman–Crippen MR) is 81.8 cm³/mol. The zero-order valence-corrected chi connectivity index (χ0v) is 13.3. The summed E-state index contributed by atoms with van der Waals surface area (Å²) in [7, 11) is 0. The SMILES string of the molecule is O=C(Nc1cccc(C(F)(F)F)c1)O[C@H]1C[C@H]2C[C@@H]1[C@H]1C[C@H]3O[C@@H]3[C@H]21. The molecule has 4 aliphatic rings. The molecule has 1 saturated heterocycles. The first-order valence-corrected chi connectivity index (χ1v) is 8.70. The maximum Gasteiger partial charge on any atom is 0.416 e. The van der Waals surface area contributed by atoms with Gasteiger partial charge < -0.3 is 9.47 Å². The van der Waals surface area contributed by atoms with E-state index in [9.17, 15) is 18.0 Å². The van der Waals surface area contributed by atoms with Crippen molar-refractivity contribution < 1.29 is 27.4 Å². The normalized spacial score (nSPS) is 40.5. The average Bonchev–Trinajstić information content (AvgIpc) is 2.91. The van der Waals surface area contributed by atoms with Gasteiger partial charge in [-0.25, -0.2) is 4.79 Å². The van der Waals surface area contributed by atoms with E-state index in [0.717, 1.165) is 31.4 Å². The number of amides is 1. The van der Waals surface area contributed by atoms with Crippen LogP contribution in [0.25, 0.3) is 0 Å². The number of carbonyl (C=O) groups excluding carboxylic acids is 1. The minimum absolute atomic E-state index is 0.0939. The van der Waals surface area contributed by atoms with Gasteiger partial charge in [-0.1, -0.05) is 6.07 Å². The smallest absolute Gasteiger partial charge is 0.416 e. The number of carbonyl (C=O) groups is 1. The summed E-state index contributed by atoms with van der Waals surface area (Å²) in [6.07, 6.45) is -1.42. The third-order valence-corrected chi connectivity index (χ3v) is 6.38. The first-order chi connectivity index (χ1) is 11.9. The molecule has 1 N–H and O–H groups in total. The Morgan fingerprint density at radius 3 is 2.84 bits per heavy atom. The minimum atomic E-state index is -4.44. The van der Waals surface area contributed by atoms with E-state index in [1.165, 1.54) is 12.1 Å². The number of alkyl halides is 3. The Kier molecular flexibility index (Phi) is 3.18. The van der Waals surface area contributed by atoms with Gasteiger partial charge in [-0.05, 0) is 61.1 Å². The van der Waals surface area contributed by atoms with Gasteiger partial charge in [-0.3, -0.25) is 5.32 Å². The van der Waals surface area contributed by atoms with Gasteiger partial charge >= 0.3 is 12.3 Å². The van der Waals surface area contributed by atoms with E-state index in [-0.39, 0.29) is 11.8 Å². The van der Waals surface area contributed by atoms with Crippen molar-refractivity contribution in [1.82, 2.24) is 0 Å². The Bertz CT molecular complexity index is 722. The molecule has 1 aliphatic heterocycles. The van der Waals surface area contributed by atoms with E-state index >= 15 is 0 Å². The highest BCUT2D eigenvalue weighted by Gasteiger charge is 2.67. The summed E-state index contributed by atoms with van der Waals surface area (Å²) in [6.45, 7) is 0. The van der Waals surface area contributed by atoms with Crippen molar-refractivity contribution in [2.24, 2.45) is 23.7 Å². The molecule has 1 amide bonds. The number of epoxide rings is 1. The molecule has 1 heterocycles. The molecule has 4 fully saturated rings. The summed E-state index contributed by atoms with van der Waals surface area (Å²) in [5.74, 6) is 2.13. The number of hydrogen-bond donors (Lipinski definition) is 1. The molecule has 1 aromatic rings. The second-order valence-corrected chi connectivity index (χ2v) is 7.66. The summed E-state index contributed by atoms with van der Waals surface area (Å²) in [5.41, 5.74) is -0.699. The van der Waals surface area contributed by atoms with Crippen LogP contribution in [0.1, 0.15) is 24.8 Å². The molecule has 0 spiro atoms. The molecule has 0 radical (unpaired) electrons. The molecule has 2 bridgehead atoms. The van der Waals surface area contributed by atoms with E-state index in [2.05, 4.69) is 5.32 Å². The molecule has 7 atom stereocenters. The van der Waals surface area contributed by atoms with Gasteiger partial charge in [-0.2, -0.15) is 13.2 Å². The zero-order valence-electron chi connectivity index (χ0n) is 13.3. The second kappa shape index (κ2) is 5.13. The van der Waals surface area contributed by atoms with E-state index in [0.29, 0.717) is 35.9 Å². The Labute approximate surface area is 142 Å². The molecular weight excluding hydrogens is 335 g/mol. The number of hydrogen-bond acceptors (Lipinski definition) is 3. The monoisotopic (exact) mass is 353 g/mol. The second-order valence-electron chi connectivity index (χ2n) is 7.66. The van der Waals surface area contributed by atoms with E-state index in [4.69, 9.17) is 9.47 Å². The van der Waals surface area contributed by atoms with Crippen LogP contribution in [0.15, 0.2) is 24.3 Å². The van der Waals surface area contributed by atoms with Crippen molar-refractivity contribution in [2.45, 2.75) is 43.8 Å². The van der Waals surface area contributed by atoms with E-state index in [1.807, 2.05) is 0 Å². The Morgan fingerprint density at radius 1 is 1.20 bits per heavy atom. The maximum absolute atomic E-state index is 12.7. The summed E-state index contributed by atoms with van der Waals surface area (Å²) in [4.78, 5) is 12.1. The quantitative estimate of drug-likeness (QED) is 0.816. The van der Waals surface area contributed by atoms with Gasteiger partial charge in [0.05, 0.1) is 17.8 Å². The summed E-state index contributed by atoms with van der Waals surface area (Å²) in [6, 6.07) is 4.58. The van der Waals surface area contributed by atoms with Crippen molar-refractivity contribution >= 4 is 11.8 Å². The molecule has 0 aromatic heterocycles. The molecule has 4 nitrogen and oxygen atoms in total. The van der Waals surface area contributed by atoms with Gasteiger partial charge in [0.1, 0.15) is 6.10 Å². The van der Waals surface area contributed by atoms with Crippen LogP contribution in [0.3, 0.4) is 0 Å². The van der Waals surface area contributed by atoms with Crippen LogP contribution in [0.4, 0.5) is 23.7 Å². The lowest BCUT2D eigenvalue weighted by molar-refractivity contribution is -0.137. The molecule has 0 unspecified atom stereocenters. The number of fused-ring (bicyclic) bond motifs is 7. The van der Waals surface area contributed by atoms with Crippen LogP contribution in [0.5, 0.6) is 0 Å². The standard InChI is InChI=1S/C18H18F3NO3/c19-18(20,21)9-2-1-3-10(6-9)22-17(23)25-13-5-8-4-11(13)12-7-14-16(24-14)15(8)12/h1-3,6,8,11-16H,4-5,7H2,(H,22,23)/t8-,11-,12-,13+,14-,15-,16+/m1/s1. The third kappa shape index (κ3) is 2.51. The average molecular weight is 353 g/mol. The van der Waals surface area contributed by atoms with Gasteiger partial charge in [0, 0.05) is 5.69 Å².